The molecule has 1 amide bonds. The smallest absolute Gasteiger partial charge is 0.242 e. The maximum Gasteiger partial charge on any atom is 0.242 e. The molecular weight excluding hydrogens is 374 g/mol. The van der Waals surface area contributed by atoms with Gasteiger partial charge in [0.25, 0.3) is 0 Å². The topological polar surface area (TPSA) is 54.3 Å². The highest BCUT2D eigenvalue weighted by molar-refractivity contribution is 5.89. The zero-order valence-corrected chi connectivity index (χ0v) is 16.7. The van der Waals surface area contributed by atoms with Crippen molar-refractivity contribution < 1.29 is 4.79 Å². The molecule has 2 aromatic carbocycles. The van der Waals surface area contributed by atoms with Crippen LogP contribution >= 0.6 is 0 Å². The predicted octanol–water partition coefficient (Wildman–Crippen LogP) is 3.45. The van der Waals surface area contributed by atoms with E-state index < -0.39 is 0 Å². The number of nitrogens with zero attached hydrogens (tertiary/aromatic N) is 5. The summed E-state index contributed by atoms with van der Waals surface area (Å²) in [6.07, 6.45) is 5.15. The fourth-order valence-corrected chi connectivity index (χ4v) is 4.10. The summed E-state index contributed by atoms with van der Waals surface area (Å²) in [6.45, 7) is 3.25. The Kier molecular flexibility index (Phi) is 4.89. The van der Waals surface area contributed by atoms with Gasteiger partial charge in [0.05, 0.1) is 6.20 Å². The van der Waals surface area contributed by atoms with Crippen LogP contribution in [0.3, 0.4) is 0 Å². The summed E-state index contributed by atoms with van der Waals surface area (Å²) in [7, 11) is 0. The molecule has 0 N–H and O–H groups in total. The van der Waals surface area contributed by atoms with Crippen molar-refractivity contribution in [1.29, 1.82) is 0 Å². The summed E-state index contributed by atoms with van der Waals surface area (Å²) in [5, 5.41) is 1.15. The average Bonchev–Trinajstić information content (AvgIpc) is 3.19. The van der Waals surface area contributed by atoms with Gasteiger partial charge in [-0.15, -0.1) is 0 Å². The quantitative estimate of drug-likeness (QED) is 0.529. The zero-order valence-electron chi connectivity index (χ0n) is 16.7. The zero-order chi connectivity index (χ0) is 20.3. The van der Waals surface area contributed by atoms with Crippen LogP contribution in [-0.4, -0.2) is 51.5 Å². The van der Waals surface area contributed by atoms with Gasteiger partial charge in [-0.2, -0.15) is 0 Å². The van der Waals surface area contributed by atoms with Gasteiger partial charge in [-0.05, 0) is 17.7 Å². The maximum absolute atomic E-state index is 13.2. The van der Waals surface area contributed by atoms with E-state index in [-0.39, 0.29) is 5.91 Å². The van der Waals surface area contributed by atoms with E-state index in [9.17, 15) is 4.79 Å². The van der Waals surface area contributed by atoms with Crippen molar-refractivity contribution in [3.8, 4) is 11.3 Å². The third-order valence-corrected chi connectivity index (χ3v) is 5.68. The highest BCUT2D eigenvalue weighted by atomic mass is 16.2. The molecule has 0 unspecified atom stereocenters. The minimum absolute atomic E-state index is 0.146. The van der Waals surface area contributed by atoms with Crippen LogP contribution in [0.4, 0.5) is 5.82 Å². The SMILES string of the molecule is O=C(Cn1c(-c2ccccc2)cc2ccccc21)N1CCN(c2cnccn2)CC1. The Morgan fingerprint density at radius 2 is 1.67 bits per heavy atom. The Morgan fingerprint density at radius 1 is 0.900 bits per heavy atom. The number of aromatic nitrogens is 3. The van der Waals surface area contributed by atoms with Gasteiger partial charge in [0, 0.05) is 55.2 Å². The van der Waals surface area contributed by atoms with Gasteiger partial charge >= 0.3 is 0 Å². The number of anilines is 1. The van der Waals surface area contributed by atoms with E-state index in [1.165, 1.54) is 0 Å². The van der Waals surface area contributed by atoms with Crippen molar-refractivity contribution in [1.82, 2.24) is 19.4 Å². The van der Waals surface area contributed by atoms with Crippen molar-refractivity contribution in [3.05, 3.63) is 79.3 Å². The van der Waals surface area contributed by atoms with E-state index in [4.69, 9.17) is 0 Å². The highest BCUT2D eigenvalue weighted by Crippen LogP contribution is 2.28. The minimum atomic E-state index is 0.146. The number of hydrogen-bond donors (Lipinski definition) is 0. The fraction of sp³-hybridized carbons (Fsp3) is 0.208. The lowest BCUT2D eigenvalue weighted by atomic mass is 10.1. The van der Waals surface area contributed by atoms with Gasteiger partial charge in [0.2, 0.25) is 5.91 Å². The van der Waals surface area contributed by atoms with Crippen LogP contribution in [0.1, 0.15) is 0 Å². The first-order valence-electron chi connectivity index (χ1n) is 10.2. The second-order valence-corrected chi connectivity index (χ2v) is 7.47. The monoisotopic (exact) mass is 397 g/mol. The van der Waals surface area contributed by atoms with E-state index in [0.29, 0.717) is 19.6 Å². The van der Waals surface area contributed by atoms with Crippen molar-refractivity contribution in [2.75, 3.05) is 31.1 Å². The normalized spacial score (nSPS) is 14.3. The van der Waals surface area contributed by atoms with Crippen LogP contribution in [0.2, 0.25) is 0 Å². The second kappa shape index (κ2) is 7.99. The van der Waals surface area contributed by atoms with Crippen LogP contribution < -0.4 is 4.90 Å². The summed E-state index contributed by atoms with van der Waals surface area (Å²) < 4.78 is 2.14. The number of carbonyl (C=O) groups excluding carboxylic acids is 1. The number of carbonyl (C=O) groups is 1. The molecule has 1 fully saturated rings. The molecule has 4 aromatic rings. The molecule has 0 spiro atoms. The van der Waals surface area contributed by atoms with Crippen LogP contribution in [0.5, 0.6) is 0 Å². The fourth-order valence-electron chi connectivity index (χ4n) is 4.10. The number of para-hydroxylation sites is 1. The first kappa shape index (κ1) is 18.4. The molecule has 150 valence electrons. The van der Waals surface area contributed by atoms with Gasteiger partial charge < -0.3 is 14.4 Å². The maximum atomic E-state index is 13.2. The third-order valence-electron chi connectivity index (χ3n) is 5.68. The molecule has 6 nitrogen and oxygen atoms in total. The Morgan fingerprint density at radius 3 is 2.43 bits per heavy atom. The minimum Gasteiger partial charge on any atom is -0.352 e. The average molecular weight is 397 g/mol. The molecule has 0 bridgehead atoms. The number of rotatable bonds is 4. The molecule has 1 aliphatic heterocycles. The van der Waals surface area contributed by atoms with Gasteiger partial charge in [0.15, 0.2) is 0 Å². The van der Waals surface area contributed by atoms with Crippen molar-refractivity contribution >= 4 is 22.6 Å². The van der Waals surface area contributed by atoms with Crippen LogP contribution in [0.15, 0.2) is 79.3 Å². The molecule has 2 aromatic heterocycles. The van der Waals surface area contributed by atoms with E-state index >= 15 is 0 Å². The largest absolute Gasteiger partial charge is 0.352 e. The van der Waals surface area contributed by atoms with Gasteiger partial charge in [-0.1, -0.05) is 48.5 Å². The van der Waals surface area contributed by atoms with E-state index in [1.807, 2.05) is 35.2 Å². The summed E-state index contributed by atoms with van der Waals surface area (Å²) in [4.78, 5) is 25.8. The molecule has 0 aliphatic carbocycles. The van der Waals surface area contributed by atoms with E-state index in [1.54, 1.807) is 18.6 Å². The molecule has 3 heterocycles. The second-order valence-electron chi connectivity index (χ2n) is 7.47. The van der Waals surface area contributed by atoms with Crippen LogP contribution in [0, 0.1) is 0 Å². The third kappa shape index (κ3) is 3.52. The van der Waals surface area contributed by atoms with E-state index in [0.717, 1.165) is 41.1 Å². The summed E-state index contributed by atoms with van der Waals surface area (Å²) in [5.41, 5.74) is 3.28. The summed E-state index contributed by atoms with van der Waals surface area (Å²) in [6, 6.07) is 20.7. The lowest BCUT2D eigenvalue weighted by Crippen LogP contribution is -2.49. The van der Waals surface area contributed by atoms with Gasteiger partial charge in [-0.25, -0.2) is 4.98 Å². The standard InChI is InChI=1S/C24H23N5O/c30-24(28-14-12-27(13-15-28)23-17-25-10-11-26-23)18-29-21-9-5-4-8-20(21)16-22(29)19-6-2-1-3-7-19/h1-11,16-17H,12-15,18H2. The molecule has 0 saturated carbocycles. The first-order chi connectivity index (χ1) is 14.8. The predicted molar refractivity (Wildman–Crippen MR) is 118 cm³/mol. The molecule has 5 rings (SSSR count). The summed E-state index contributed by atoms with van der Waals surface area (Å²) >= 11 is 0. The first-order valence-corrected chi connectivity index (χ1v) is 10.2. The Balaban J connectivity index is 1.36. The summed E-state index contributed by atoms with van der Waals surface area (Å²) in [5.74, 6) is 1.01. The number of benzene rings is 2. The number of hydrogen-bond acceptors (Lipinski definition) is 4. The Bertz CT molecular complexity index is 1150. The lowest BCUT2D eigenvalue weighted by Gasteiger charge is -2.35. The molecule has 1 saturated heterocycles. The number of piperazine rings is 1. The van der Waals surface area contributed by atoms with E-state index in [2.05, 4.69) is 49.8 Å². The van der Waals surface area contributed by atoms with Crippen molar-refractivity contribution in [2.45, 2.75) is 6.54 Å². The molecule has 0 radical (unpaired) electrons. The molecule has 6 heteroatoms. The molecule has 1 aliphatic rings. The lowest BCUT2D eigenvalue weighted by molar-refractivity contribution is -0.132. The molecule has 0 atom stereocenters. The molecular formula is C24H23N5O. The number of amides is 1. The van der Waals surface area contributed by atoms with Crippen molar-refractivity contribution in [2.24, 2.45) is 0 Å². The molecule has 30 heavy (non-hydrogen) atoms. The van der Waals surface area contributed by atoms with Gasteiger partial charge in [-0.3, -0.25) is 9.78 Å². The highest BCUT2D eigenvalue weighted by Gasteiger charge is 2.23. The number of fused-ring (bicyclic) bond motifs is 1. The van der Waals surface area contributed by atoms with Crippen LogP contribution in [0.25, 0.3) is 22.2 Å². The van der Waals surface area contributed by atoms with Crippen LogP contribution in [-0.2, 0) is 11.3 Å². The Hall–Kier alpha value is -3.67. The Labute approximate surface area is 175 Å². The van der Waals surface area contributed by atoms with Crippen molar-refractivity contribution in [3.63, 3.8) is 0 Å². The van der Waals surface area contributed by atoms with Gasteiger partial charge in [0.1, 0.15) is 12.4 Å².